The Morgan fingerprint density at radius 1 is 1.29 bits per heavy atom. The largest absolute Gasteiger partial charge is 0.466 e. The fraction of sp³-hybridized carbons (Fsp3) is 0.353. The molecule has 1 atom stereocenters. The smallest absolute Gasteiger partial charge is 0.251 e. The van der Waals surface area contributed by atoms with Crippen LogP contribution in [0.2, 0.25) is 0 Å². The van der Waals surface area contributed by atoms with Crippen LogP contribution in [0.5, 0.6) is 0 Å². The molecule has 0 bridgehead atoms. The Balaban J connectivity index is 2.05. The van der Waals surface area contributed by atoms with Crippen LogP contribution in [0, 0.1) is 13.8 Å². The van der Waals surface area contributed by atoms with Crippen LogP contribution in [0.1, 0.15) is 46.0 Å². The Labute approximate surface area is 125 Å². The van der Waals surface area contributed by atoms with E-state index in [4.69, 9.17) is 10.2 Å². The normalized spacial score (nSPS) is 12.2. The number of carbonyl (C=O) groups is 1. The van der Waals surface area contributed by atoms with Crippen LogP contribution in [0.4, 0.5) is 0 Å². The molecule has 112 valence electrons. The number of nitrogens with two attached hydrogens (primary N) is 1. The summed E-state index contributed by atoms with van der Waals surface area (Å²) in [5, 5.41) is 2.99. The minimum Gasteiger partial charge on any atom is -0.466 e. The molecule has 0 saturated carbocycles. The molecule has 1 aromatic heterocycles. The highest BCUT2D eigenvalue weighted by atomic mass is 16.3. The lowest BCUT2D eigenvalue weighted by Crippen LogP contribution is -2.26. The van der Waals surface area contributed by atoms with Gasteiger partial charge in [0.1, 0.15) is 11.5 Å². The van der Waals surface area contributed by atoms with Crippen molar-refractivity contribution in [2.75, 3.05) is 6.54 Å². The first kappa shape index (κ1) is 15.3. The van der Waals surface area contributed by atoms with E-state index >= 15 is 0 Å². The fourth-order valence-corrected chi connectivity index (χ4v) is 2.43. The summed E-state index contributed by atoms with van der Waals surface area (Å²) in [6.45, 7) is 6.38. The van der Waals surface area contributed by atoms with Gasteiger partial charge >= 0.3 is 0 Å². The van der Waals surface area contributed by atoms with Gasteiger partial charge in [0.25, 0.3) is 5.91 Å². The summed E-state index contributed by atoms with van der Waals surface area (Å²) in [7, 11) is 0. The van der Waals surface area contributed by atoms with Gasteiger partial charge in [-0.15, -0.1) is 0 Å². The van der Waals surface area contributed by atoms with Crippen molar-refractivity contribution in [2.45, 2.75) is 33.2 Å². The zero-order valence-electron chi connectivity index (χ0n) is 12.8. The van der Waals surface area contributed by atoms with E-state index in [0.717, 1.165) is 29.1 Å². The van der Waals surface area contributed by atoms with Gasteiger partial charge in [-0.25, -0.2) is 0 Å². The molecule has 2 aromatic rings. The van der Waals surface area contributed by atoms with E-state index in [1.165, 1.54) is 0 Å². The SMILES string of the molecule is Cc1cc(C(C)NC(=O)c2ccc(CCN)cc2)c(C)o1. The molecule has 1 aromatic carbocycles. The molecule has 1 amide bonds. The van der Waals surface area contributed by atoms with Crippen LogP contribution in [-0.2, 0) is 6.42 Å². The molecule has 0 saturated heterocycles. The number of benzene rings is 1. The van der Waals surface area contributed by atoms with Crippen LogP contribution in [-0.4, -0.2) is 12.5 Å². The lowest BCUT2D eigenvalue weighted by molar-refractivity contribution is 0.0939. The van der Waals surface area contributed by atoms with Crippen molar-refractivity contribution in [3.63, 3.8) is 0 Å². The first-order valence-electron chi connectivity index (χ1n) is 7.18. The molecule has 0 aliphatic rings. The van der Waals surface area contributed by atoms with E-state index < -0.39 is 0 Å². The van der Waals surface area contributed by atoms with Crippen molar-refractivity contribution >= 4 is 5.91 Å². The highest BCUT2D eigenvalue weighted by Gasteiger charge is 2.15. The van der Waals surface area contributed by atoms with Crippen molar-refractivity contribution in [3.05, 3.63) is 58.5 Å². The second kappa shape index (κ2) is 6.59. The summed E-state index contributed by atoms with van der Waals surface area (Å²) in [5.74, 6) is 1.62. The Morgan fingerprint density at radius 2 is 1.95 bits per heavy atom. The molecule has 21 heavy (non-hydrogen) atoms. The van der Waals surface area contributed by atoms with Crippen LogP contribution < -0.4 is 11.1 Å². The van der Waals surface area contributed by atoms with Crippen molar-refractivity contribution in [2.24, 2.45) is 5.73 Å². The molecular formula is C17H22N2O2. The van der Waals surface area contributed by atoms with Gasteiger partial charge in [-0.1, -0.05) is 12.1 Å². The predicted molar refractivity (Wildman–Crippen MR) is 83.3 cm³/mol. The molecule has 1 unspecified atom stereocenters. The Morgan fingerprint density at radius 3 is 2.48 bits per heavy atom. The molecule has 1 heterocycles. The summed E-state index contributed by atoms with van der Waals surface area (Å²) in [5.41, 5.74) is 8.33. The lowest BCUT2D eigenvalue weighted by Gasteiger charge is -2.13. The number of amides is 1. The maximum absolute atomic E-state index is 12.2. The molecule has 3 N–H and O–H groups in total. The second-order valence-electron chi connectivity index (χ2n) is 5.30. The van der Waals surface area contributed by atoms with Crippen LogP contribution in [0.25, 0.3) is 0 Å². The summed E-state index contributed by atoms with van der Waals surface area (Å²) in [4.78, 5) is 12.2. The third-order valence-electron chi connectivity index (χ3n) is 3.54. The van der Waals surface area contributed by atoms with Crippen molar-refractivity contribution in [3.8, 4) is 0 Å². The number of hydrogen-bond donors (Lipinski definition) is 2. The zero-order valence-corrected chi connectivity index (χ0v) is 12.8. The molecule has 0 aliphatic heterocycles. The van der Waals surface area contributed by atoms with Gasteiger partial charge in [0.15, 0.2) is 0 Å². The summed E-state index contributed by atoms with van der Waals surface area (Å²) in [6.07, 6.45) is 0.825. The molecule has 0 fully saturated rings. The summed E-state index contributed by atoms with van der Waals surface area (Å²) >= 11 is 0. The highest BCUT2D eigenvalue weighted by molar-refractivity contribution is 5.94. The predicted octanol–water partition coefficient (Wildman–Crippen LogP) is 2.89. The van der Waals surface area contributed by atoms with E-state index in [2.05, 4.69) is 5.32 Å². The van der Waals surface area contributed by atoms with Crippen LogP contribution in [0.15, 0.2) is 34.7 Å². The monoisotopic (exact) mass is 286 g/mol. The number of rotatable bonds is 5. The van der Waals surface area contributed by atoms with Crippen molar-refractivity contribution in [1.82, 2.24) is 5.32 Å². The van der Waals surface area contributed by atoms with Crippen LogP contribution in [0.3, 0.4) is 0 Å². The lowest BCUT2D eigenvalue weighted by atomic mass is 10.1. The molecule has 0 spiro atoms. The zero-order chi connectivity index (χ0) is 15.4. The Hall–Kier alpha value is -2.07. The quantitative estimate of drug-likeness (QED) is 0.888. The van der Waals surface area contributed by atoms with Gasteiger partial charge in [-0.2, -0.15) is 0 Å². The number of furan rings is 1. The second-order valence-corrected chi connectivity index (χ2v) is 5.30. The Bertz CT molecular complexity index is 614. The van der Waals surface area contributed by atoms with E-state index in [1.54, 1.807) is 0 Å². The van der Waals surface area contributed by atoms with Gasteiger partial charge in [-0.05, 0) is 57.5 Å². The van der Waals surface area contributed by atoms with Gasteiger partial charge in [-0.3, -0.25) is 4.79 Å². The maximum atomic E-state index is 12.2. The molecule has 0 aliphatic carbocycles. The van der Waals surface area contributed by atoms with Gasteiger partial charge in [0, 0.05) is 11.1 Å². The van der Waals surface area contributed by atoms with Crippen molar-refractivity contribution in [1.29, 1.82) is 0 Å². The number of aryl methyl sites for hydroxylation is 2. The maximum Gasteiger partial charge on any atom is 0.251 e. The highest BCUT2D eigenvalue weighted by Crippen LogP contribution is 2.21. The van der Waals surface area contributed by atoms with E-state index in [0.29, 0.717) is 12.1 Å². The van der Waals surface area contributed by atoms with Crippen molar-refractivity contribution < 1.29 is 9.21 Å². The first-order valence-corrected chi connectivity index (χ1v) is 7.18. The molecule has 2 rings (SSSR count). The fourth-order valence-electron chi connectivity index (χ4n) is 2.43. The van der Waals surface area contributed by atoms with Gasteiger partial charge in [0.2, 0.25) is 0 Å². The summed E-state index contributed by atoms with van der Waals surface area (Å²) in [6, 6.07) is 9.43. The first-order chi connectivity index (χ1) is 10.0. The van der Waals surface area contributed by atoms with E-state index in [-0.39, 0.29) is 11.9 Å². The topological polar surface area (TPSA) is 68.3 Å². The average molecular weight is 286 g/mol. The standard InChI is InChI=1S/C17H22N2O2/c1-11-10-16(13(3)21-11)12(2)19-17(20)15-6-4-14(5-7-15)8-9-18/h4-7,10,12H,8-9,18H2,1-3H3,(H,19,20). The molecular weight excluding hydrogens is 264 g/mol. The van der Waals surface area contributed by atoms with E-state index in [1.807, 2.05) is 51.1 Å². The van der Waals surface area contributed by atoms with Gasteiger partial charge in [0.05, 0.1) is 6.04 Å². The minimum atomic E-state index is -0.0846. The van der Waals surface area contributed by atoms with Gasteiger partial charge < -0.3 is 15.5 Å². The molecule has 0 radical (unpaired) electrons. The third kappa shape index (κ3) is 3.73. The average Bonchev–Trinajstić information content (AvgIpc) is 2.79. The Kier molecular flexibility index (Phi) is 4.81. The third-order valence-corrected chi connectivity index (χ3v) is 3.54. The van der Waals surface area contributed by atoms with E-state index in [9.17, 15) is 4.79 Å². The number of hydrogen-bond acceptors (Lipinski definition) is 3. The molecule has 4 nitrogen and oxygen atoms in total. The minimum absolute atomic E-state index is 0.0833. The summed E-state index contributed by atoms with van der Waals surface area (Å²) < 4.78 is 5.50. The number of carbonyl (C=O) groups excluding carboxylic acids is 1. The van der Waals surface area contributed by atoms with Crippen LogP contribution >= 0.6 is 0 Å². The molecule has 4 heteroatoms. The number of nitrogens with one attached hydrogen (secondary N) is 1.